The normalized spacial score (nSPS) is 21.1. The number of carbonyl (C=O) groups is 1. The van der Waals surface area contributed by atoms with Crippen LogP contribution in [0.4, 0.5) is 5.69 Å². The number of ether oxygens (including phenoxy) is 1. The molecule has 1 fully saturated rings. The Morgan fingerprint density at radius 1 is 1.79 bits per heavy atom. The molecule has 0 bridgehead atoms. The average molecular weight is 195 g/mol. The van der Waals surface area contributed by atoms with Crippen molar-refractivity contribution in [2.75, 3.05) is 11.9 Å². The summed E-state index contributed by atoms with van der Waals surface area (Å²) in [5.74, 6) is -0.0736. The number of hydrogen-bond donors (Lipinski definition) is 1. The lowest BCUT2D eigenvalue weighted by atomic mass is 10.2. The minimum absolute atomic E-state index is 0.0736. The van der Waals surface area contributed by atoms with Gasteiger partial charge in [-0.3, -0.25) is 9.48 Å². The molecule has 1 atom stereocenters. The van der Waals surface area contributed by atoms with Crippen molar-refractivity contribution >= 4 is 11.6 Å². The van der Waals surface area contributed by atoms with Gasteiger partial charge in [0.2, 0.25) is 0 Å². The Balaban J connectivity index is 1.93. The van der Waals surface area contributed by atoms with Crippen LogP contribution in [0.5, 0.6) is 0 Å². The highest BCUT2D eigenvalue weighted by Crippen LogP contribution is 2.14. The first-order valence-electron chi connectivity index (χ1n) is 4.67. The fourth-order valence-corrected chi connectivity index (χ4v) is 1.49. The van der Waals surface area contributed by atoms with Crippen LogP contribution in [0.2, 0.25) is 0 Å². The molecule has 1 aliphatic heterocycles. The number of hydrogen-bond acceptors (Lipinski definition) is 3. The van der Waals surface area contributed by atoms with Gasteiger partial charge in [-0.15, -0.1) is 0 Å². The minimum Gasteiger partial charge on any atom is -0.368 e. The molecule has 1 saturated heterocycles. The van der Waals surface area contributed by atoms with Gasteiger partial charge in [0.1, 0.15) is 6.10 Å². The molecule has 5 heteroatoms. The number of carbonyl (C=O) groups excluding carboxylic acids is 1. The van der Waals surface area contributed by atoms with E-state index in [0.717, 1.165) is 12.8 Å². The summed E-state index contributed by atoms with van der Waals surface area (Å²) in [6.45, 7) is 0.686. The monoisotopic (exact) mass is 195 g/mol. The third-order valence-corrected chi connectivity index (χ3v) is 2.19. The lowest BCUT2D eigenvalue weighted by molar-refractivity contribution is -0.124. The zero-order chi connectivity index (χ0) is 9.97. The number of rotatable bonds is 2. The molecule has 0 aromatic carbocycles. The molecular formula is C9H13N3O2. The van der Waals surface area contributed by atoms with E-state index in [1.807, 2.05) is 7.05 Å². The van der Waals surface area contributed by atoms with E-state index in [9.17, 15) is 4.79 Å². The van der Waals surface area contributed by atoms with E-state index in [-0.39, 0.29) is 12.0 Å². The molecule has 1 aromatic heterocycles. The largest absolute Gasteiger partial charge is 0.368 e. The van der Waals surface area contributed by atoms with Crippen molar-refractivity contribution in [1.29, 1.82) is 0 Å². The van der Waals surface area contributed by atoms with Gasteiger partial charge < -0.3 is 10.1 Å². The van der Waals surface area contributed by atoms with E-state index in [4.69, 9.17) is 4.74 Å². The number of nitrogens with zero attached hydrogens (tertiary/aromatic N) is 2. The molecule has 1 unspecified atom stereocenters. The molecule has 14 heavy (non-hydrogen) atoms. The Morgan fingerprint density at radius 3 is 3.21 bits per heavy atom. The van der Waals surface area contributed by atoms with Crippen LogP contribution in [0.3, 0.4) is 0 Å². The fourth-order valence-electron chi connectivity index (χ4n) is 1.49. The zero-order valence-corrected chi connectivity index (χ0v) is 8.06. The molecule has 1 aromatic rings. The molecule has 2 heterocycles. The number of aromatic nitrogens is 2. The summed E-state index contributed by atoms with van der Waals surface area (Å²) in [6, 6.07) is 0. The molecule has 0 aliphatic carbocycles. The van der Waals surface area contributed by atoms with Crippen LogP contribution in [0.15, 0.2) is 12.4 Å². The van der Waals surface area contributed by atoms with Gasteiger partial charge in [0, 0.05) is 19.9 Å². The van der Waals surface area contributed by atoms with Crippen LogP contribution < -0.4 is 5.32 Å². The third kappa shape index (κ3) is 1.93. The van der Waals surface area contributed by atoms with Crippen molar-refractivity contribution in [3.05, 3.63) is 12.4 Å². The Bertz CT molecular complexity index is 329. The van der Waals surface area contributed by atoms with Crippen molar-refractivity contribution in [2.45, 2.75) is 18.9 Å². The maximum atomic E-state index is 11.6. The van der Waals surface area contributed by atoms with Crippen LogP contribution >= 0.6 is 0 Å². The van der Waals surface area contributed by atoms with Gasteiger partial charge in [-0.2, -0.15) is 5.10 Å². The minimum atomic E-state index is -0.282. The Kier molecular flexibility index (Phi) is 2.49. The Hall–Kier alpha value is -1.36. The molecule has 76 valence electrons. The highest BCUT2D eigenvalue weighted by Gasteiger charge is 2.23. The van der Waals surface area contributed by atoms with Gasteiger partial charge in [0.05, 0.1) is 11.9 Å². The number of aryl methyl sites for hydroxylation is 1. The van der Waals surface area contributed by atoms with Crippen LogP contribution in [-0.4, -0.2) is 28.4 Å². The standard InChI is InChI=1S/C9H13N3O2/c1-12-6-7(5-10-12)11-9(13)8-3-2-4-14-8/h5-6,8H,2-4H2,1H3,(H,11,13). The summed E-state index contributed by atoms with van der Waals surface area (Å²) in [5, 5.41) is 6.71. The maximum Gasteiger partial charge on any atom is 0.253 e. The quantitative estimate of drug-likeness (QED) is 0.749. The lowest BCUT2D eigenvalue weighted by Gasteiger charge is -2.07. The highest BCUT2D eigenvalue weighted by atomic mass is 16.5. The van der Waals surface area contributed by atoms with E-state index in [1.54, 1.807) is 17.1 Å². The predicted molar refractivity (Wildman–Crippen MR) is 50.8 cm³/mol. The first-order valence-corrected chi connectivity index (χ1v) is 4.67. The van der Waals surface area contributed by atoms with Crippen molar-refractivity contribution in [2.24, 2.45) is 7.05 Å². The molecule has 1 amide bonds. The predicted octanol–water partition coefficient (Wildman–Crippen LogP) is 0.538. The molecular weight excluding hydrogens is 182 g/mol. The number of amides is 1. The summed E-state index contributed by atoms with van der Waals surface area (Å²) in [4.78, 5) is 11.6. The van der Waals surface area contributed by atoms with E-state index >= 15 is 0 Å². The second-order valence-electron chi connectivity index (χ2n) is 3.39. The van der Waals surface area contributed by atoms with Crippen LogP contribution in [-0.2, 0) is 16.6 Å². The van der Waals surface area contributed by atoms with Gasteiger partial charge in [-0.25, -0.2) is 0 Å². The second kappa shape index (κ2) is 3.79. The zero-order valence-electron chi connectivity index (χ0n) is 8.06. The lowest BCUT2D eigenvalue weighted by Crippen LogP contribution is -2.26. The summed E-state index contributed by atoms with van der Waals surface area (Å²) in [5.41, 5.74) is 0.716. The molecule has 2 rings (SSSR count). The van der Waals surface area contributed by atoms with Crippen LogP contribution in [0.25, 0.3) is 0 Å². The molecule has 0 saturated carbocycles. The Morgan fingerprint density at radius 2 is 2.64 bits per heavy atom. The first kappa shape index (κ1) is 9.21. The summed E-state index contributed by atoms with van der Waals surface area (Å²) in [6.07, 6.45) is 4.87. The number of nitrogens with one attached hydrogen (secondary N) is 1. The van der Waals surface area contributed by atoms with Gasteiger partial charge in [-0.1, -0.05) is 0 Å². The van der Waals surface area contributed by atoms with Gasteiger partial charge in [0.25, 0.3) is 5.91 Å². The van der Waals surface area contributed by atoms with Gasteiger partial charge in [-0.05, 0) is 12.8 Å². The fraction of sp³-hybridized carbons (Fsp3) is 0.556. The summed E-state index contributed by atoms with van der Waals surface area (Å²) in [7, 11) is 1.81. The van der Waals surface area contributed by atoms with Crippen molar-refractivity contribution in [1.82, 2.24) is 9.78 Å². The topological polar surface area (TPSA) is 56.2 Å². The summed E-state index contributed by atoms with van der Waals surface area (Å²) >= 11 is 0. The first-order chi connectivity index (χ1) is 6.75. The highest BCUT2D eigenvalue weighted by molar-refractivity contribution is 5.94. The second-order valence-corrected chi connectivity index (χ2v) is 3.39. The maximum absolute atomic E-state index is 11.6. The van der Waals surface area contributed by atoms with E-state index in [0.29, 0.717) is 12.3 Å². The van der Waals surface area contributed by atoms with Gasteiger partial charge >= 0.3 is 0 Å². The summed E-state index contributed by atoms with van der Waals surface area (Å²) < 4.78 is 6.90. The van der Waals surface area contributed by atoms with E-state index in [1.165, 1.54) is 0 Å². The van der Waals surface area contributed by atoms with Crippen molar-refractivity contribution in [3.63, 3.8) is 0 Å². The van der Waals surface area contributed by atoms with E-state index < -0.39 is 0 Å². The molecule has 5 nitrogen and oxygen atoms in total. The average Bonchev–Trinajstić information content (AvgIpc) is 2.75. The molecule has 0 spiro atoms. The molecule has 1 N–H and O–H groups in total. The Labute approximate surface area is 82.0 Å². The molecule has 1 aliphatic rings. The van der Waals surface area contributed by atoms with Crippen molar-refractivity contribution < 1.29 is 9.53 Å². The SMILES string of the molecule is Cn1cc(NC(=O)C2CCCO2)cn1. The smallest absolute Gasteiger partial charge is 0.253 e. The van der Waals surface area contributed by atoms with Crippen LogP contribution in [0.1, 0.15) is 12.8 Å². The van der Waals surface area contributed by atoms with Crippen molar-refractivity contribution in [3.8, 4) is 0 Å². The van der Waals surface area contributed by atoms with Gasteiger partial charge in [0.15, 0.2) is 0 Å². The third-order valence-electron chi connectivity index (χ3n) is 2.19. The van der Waals surface area contributed by atoms with E-state index in [2.05, 4.69) is 10.4 Å². The molecule has 0 radical (unpaired) electrons. The van der Waals surface area contributed by atoms with Crippen LogP contribution in [0, 0.1) is 0 Å². The number of anilines is 1.